The van der Waals surface area contributed by atoms with Crippen molar-refractivity contribution in [2.24, 2.45) is 0 Å². The summed E-state index contributed by atoms with van der Waals surface area (Å²) in [5.74, 6) is 0. The molecular formula is C12H19LiN2. The van der Waals surface area contributed by atoms with Crippen molar-refractivity contribution in [3.8, 4) is 0 Å². The summed E-state index contributed by atoms with van der Waals surface area (Å²) < 4.78 is 0. The van der Waals surface area contributed by atoms with Crippen LogP contribution in [-0.2, 0) is 0 Å². The summed E-state index contributed by atoms with van der Waals surface area (Å²) >= 11 is 0. The van der Waals surface area contributed by atoms with E-state index in [-0.39, 0.29) is 18.9 Å². The van der Waals surface area contributed by atoms with Crippen molar-refractivity contribution in [3.05, 3.63) is 41.2 Å². The molecule has 0 unspecified atom stereocenters. The molecule has 0 N–H and O–H groups in total. The van der Waals surface area contributed by atoms with Gasteiger partial charge < -0.3 is 10.2 Å². The molecule has 78 valence electrons. The van der Waals surface area contributed by atoms with Crippen LogP contribution in [0.15, 0.2) is 30.3 Å². The van der Waals surface area contributed by atoms with Crippen LogP contribution in [0.5, 0.6) is 0 Å². The first-order valence-corrected chi connectivity index (χ1v) is 5.06. The van der Waals surface area contributed by atoms with Crippen LogP contribution in [0.4, 0.5) is 0 Å². The van der Waals surface area contributed by atoms with E-state index in [1.54, 1.807) is 0 Å². The van der Waals surface area contributed by atoms with Gasteiger partial charge in [0.15, 0.2) is 0 Å². The summed E-state index contributed by atoms with van der Waals surface area (Å²) in [6.07, 6.45) is 0. The van der Waals surface area contributed by atoms with E-state index in [1.165, 1.54) is 5.56 Å². The van der Waals surface area contributed by atoms with Crippen LogP contribution in [0, 0.1) is 0 Å². The van der Waals surface area contributed by atoms with E-state index in [0.29, 0.717) is 6.04 Å². The fraction of sp³-hybridized carbons (Fsp3) is 0.500. The van der Waals surface area contributed by atoms with Crippen LogP contribution in [-0.4, -0.2) is 32.1 Å². The monoisotopic (exact) mass is 198 g/mol. The summed E-state index contributed by atoms with van der Waals surface area (Å²) in [7, 11) is 4.14. The van der Waals surface area contributed by atoms with Crippen LogP contribution in [0.1, 0.15) is 18.5 Å². The number of hydrogen-bond acceptors (Lipinski definition) is 1. The summed E-state index contributed by atoms with van der Waals surface area (Å²) in [5.41, 5.74) is 1.30. The first-order valence-electron chi connectivity index (χ1n) is 5.06. The van der Waals surface area contributed by atoms with E-state index in [4.69, 9.17) is 0 Å². The third-order valence-corrected chi connectivity index (χ3v) is 2.23. The molecule has 0 amide bonds. The van der Waals surface area contributed by atoms with Gasteiger partial charge in [-0.2, -0.15) is 0 Å². The Morgan fingerprint density at radius 2 is 1.80 bits per heavy atom. The third-order valence-electron chi connectivity index (χ3n) is 2.23. The van der Waals surface area contributed by atoms with Gasteiger partial charge in [-0.1, -0.05) is 42.8 Å². The van der Waals surface area contributed by atoms with Crippen molar-refractivity contribution < 1.29 is 18.9 Å². The summed E-state index contributed by atoms with van der Waals surface area (Å²) in [6.45, 7) is 4.07. The minimum absolute atomic E-state index is 0. The first-order chi connectivity index (χ1) is 6.70. The summed E-state index contributed by atoms with van der Waals surface area (Å²) in [5, 5.41) is 4.59. The van der Waals surface area contributed by atoms with Gasteiger partial charge >= 0.3 is 18.9 Å². The van der Waals surface area contributed by atoms with Crippen molar-refractivity contribution >= 4 is 0 Å². The Morgan fingerprint density at radius 3 is 2.33 bits per heavy atom. The zero-order chi connectivity index (χ0) is 10.4. The maximum atomic E-state index is 4.59. The molecule has 0 radical (unpaired) electrons. The molecule has 0 aromatic heterocycles. The molecule has 15 heavy (non-hydrogen) atoms. The number of likely N-dealkylation sites (N-methyl/N-ethyl adjacent to an activating group) is 1. The zero-order valence-corrected chi connectivity index (χ0v) is 10.3. The average molecular weight is 198 g/mol. The minimum atomic E-state index is 0. The molecule has 0 aliphatic rings. The number of hydrogen-bond donors (Lipinski definition) is 0. The molecule has 0 aliphatic heterocycles. The van der Waals surface area contributed by atoms with Crippen LogP contribution in [0.3, 0.4) is 0 Å². The average Bonchev–Trinajstić information content (AvgIpc) is 2.18. The van der Waals surface area contributed by atoms with E-state index in [2.05, 4.69) is 55.5 Å². The molecule has 3 heteroatoms. The van der Waals surface area contributed by atoms with Crippen molar-refractivity contribution in [3.63, 3.8) is 0 Å². The first kappa shape index (κ1) is 14.7. The molecule has 2 nitrogen and oxygen atoms in total. The van der Waals surface area contributed by atoms with Crippen molar-refractivity contribution in [1.82, 2.24) is 4.90 Å². The number of benzene rings is 1. The molecule has 0 bridgehead atoms. The molecule has 1 aromatic carbocycles. The molecule has 1 atom stereocenters. The van der Waals surface area contributed by atoms with E-state index in [9.17, 15) is 0 Å². The van der Waals surface area contributed by atoms with Gasteiger partial charge in [-0.3, -0.25) is 0 Å². The van der Waals surface area contributed by atoms with Crippen LogP contribution in [0.2, 0.25) is 0 Å². The summed E-state index contributed by atoms with van der Waals surface area (Å²) in [6, 6.07) is 10.7. The quantitative estimate of drug-likeness (QED) is 0.593. The SMILES string of the molecule is C[C@@H]([N-]CCN(C)C)c1ccccc1.[Li+]. The Bertz CT molecular complexity index is 249. The smallest absolute Gasteiger partial charge is 0.655 e. The molecule has 0 heterocycles. The third kappa shape index (κ3) is 6.02. The van der Waals surface area contributed by atoms with E-state index >= 15 is 0 Å². The van der Waals surface area contributed by atoms with Crippen LogP contribution < -0.4 is 18.9 Å². The van der Waals surface area contributed by atoms with Crippen LogP contribution in [0.25, 0.3) is 5.32 Å². The molecule has 1 aromatic rings. The Kier molecular flexibility index (Phi) is 7.82. The van der Waals surface area contributed by atoms with E-state index < -0.39 is 0 Å². The van der Waals surface area contributed by atoms with Gasteiger partial charge in [0.1, 0.15) is 0 Å². The topological polar surface area (TPSA) is 17.3 Å². The molecule has 0 fully saturated rings. The van der Waals surface area contributed by atoms with Crippen molar-refractivity contribution in [2.45, 2.75) is 13.0 Å². The fourth-order valence-electron chi connectivity index (χ4n) is 1.29. The Labute approximate surface area is 105 Å². The maximum absolute atomic E-state index is 4.59. The largest absolute Gasteiger partial charge is 1.00 e. The second-order valence-corrected chi connectivity index (χ2v) is 3.80. The van der Waals surface area contributed by atoms with E-state index in [0.717, 1.165) is 13.1 Å². The molecular weight excluding hydrogens is 179 g/mol. The van der Waals surface area contributed by atoms with Gasteiger partial charge in [0.2, 0.25) is 0 Å². The predicted molar refractivity (Wildman–Crippen MR) is 61.6 cm³/mol. The van der Waals surface area contributed by atoms with Gasteiger partial charge in [0, 0.05) is 0 Å². The molecule has 0 saturated heterocycles. The Morgan fingerprint density at radius 1 is 1.20 bits per heavy atom. The second kappa shape index (κ2) is 7.96. The normalized spacial score (nSPS) is 12.3. The van der Waals surface area contributed by atoms with E-state index in [1.807, 2.05) is 6.07 Å². The minimum Gasteiger partial charge on any atom is -0.655 e. The molecule has 0 saturated carbocycles. The second-order valence-electron chi connectivity index (χ2n) is 3.80. The van der Waals surface area contributed by atoms with Gasteiger partial charge in [-0.05, 0) is 20.6 Å². The number of nitrogens with zero attached hydrogens (tertiary/aromatic N) is 2. The summed E-state index contributed by atoms with van der Waals surface area (Å²) in [4.78, 5) is 2.15. The molecule has 0 spiro atoms. The maximum Gasteiger partial charge on any atom is 1.00 e. The molecule has 0 aliphatic carbocycles. The zero-order valence-electron chi connectivity index (χ0n) is 10.3. The fourth-order valence-corrected chi connectivity index (χ4v) is 1.29. The van der Waals surface area contributed by atoms with Crippen molar-refractivity contribution in [2.75, 3.05) is 27.2 Å². The Balaban J connectivity index is 0.00000196. The van der Waals surface area contributed by atoms with Crippen LogP contribution >= 0.6 is 0 Å². The predicted octanol–water partition coefficient (Wildman–Crippen LogP) is -0.313. The Hall–Kier alpha value is -0.263. The van der Waals surface area contributed by atoms with Crippen molar-refractivity contribution in [1.29, 1.82) is 0 Å². The number of rotatable bonds is 5. The van der Waals surface area contributed by atoms with Gasteiger partial charge in [0.05, 0.1) is 0 Å². The van der Waals surface area contributed by atoms with Gasteiger partial charge in [0.25, 0.3) is 0 Å². The van der Waals surface area contributed by atoms with Gasteiger partial charge in [-0.25, -0.2) is 0 Å². The van der Waals surface area contributed by atoms with Gasteiger partial charge in [-0.15, -0.1) is 12.6 Å². The standard InChI is InChI=1S/C12H19N2.Li/c1-11(13-9-10-14(2)3)12-7-5-4-6-8-12;/h4-8,11H,9-10H2,1-3H3;/q-1;+1/t11-;/m1./s1. The molecule has 1 rings (SSSR count).